The molecule has 0 bridgehead atoms. The largest absolute Gasteiger partial charge is 0.456 e. The number of nitrogens with zero attached hydrogens (tertiary/aromatic N) is 6. The second kappa shape index (κ2) is 19.4. The van der Waals surface area contributed by atoms with Crippen LogP contribution in [0.15, 0.2) is 300 Å². The van der Waals surface area contributed by atoms with Crippen LogP contribution in [-0.2, 0) is 0 Å². The van der Waals surface area contributed by atoms with Gasteiger partial charge in [0.1, 0.15) is 28.0 Å². The zero-order valence-electron chi connectivity index (χ0n) is 50.2. The number of hydrogen-bond acceptors (Lipinski definition) is 6. The summed E-state index contributed by atoms with van der Waals surface area (Å²) in [5.41, 5.74) is 18.3. The van der Waals surface area contributed by atoms with Gasteiger partial charge >= 0.3 is 0 Å². The van der Waals surface area contributed by atoms with Gasteiger partial charge in [0.15, 0.2) is 5.82 Å². The number of hydrogen-bond donors (Lipinski definition) is 0. The summed E-state index contributed by atoms with van der Waals surface area (Å²) in [5, 5.41) is 21.4. The van der Waals surface area contributed by atoms with Gasteiger partial charge in [0.2, 0.25) is 0 Å². The Morgan fingerprint density at radius 2 is 0.649 bits per heavy atom. The Balaban J connectivity index is 0.000000126. The third kappa shape index (κ3) is 7.16. The second-order valence-corrected chi connectivity index (χ2v) is 24.6. The lowest BCUT2D eigenvalue weighted by atomic mass is 9.95. The summed E-state index contributed by atoms with van der Waals surface area (Å²) in [5.74, 6) is 0.811. The number of benzene rings is 14. The molecule has 0 aliphatic rings. The van der Waals surface area contributed by atoms with Crippen molar-refractivity contribution >= 4 is 163 Å². The topological polar surface area (TPSA) is 87.7 Å². The van der Waals surface area contributed by atoms with Gasteiger partial charge in [-0.3, -0.25) is 4.57 Å². The first-order chi connectivity index (χ1) is 46.6. The van der Waals surface area contributed by atoms with Gasteiger partial charge in [-0.25, -0.2) is 19.9 Å². The van der Waals surface area contributed by atoms with Crippen molar-refractivity contribution in [2.24, 2.45) is 0 Å². The predicted molar refractivity (Wildman–Crippen MR) is 389 cm³/mol. The summed E-state index contributed by atoms with van der Waals surface area (Å²) >= 11 is 0. The van der Waals surface area contributed by atoms with Gasteiger partial charge < -0.3 is 13.4 Å². The summed E-state index contributed by atoms with van der Waals surface area (Å²) in [6.45, 7) is 0. The van der Waals surface area contributed by atoms with Crippen LogP contribution in [0.25, 0.3) is 209 Å². The van der Waals surface area contributed by atoms with E-state index in [4.69, 9.17) is 28.8 Å². The van der Waals surface area contributed by atoms with E-state index in [1.54, 1.807) is 0 Å². The fourth-order valence-corrected chi connectivity index (χ4v) is 15.7. The molecule has 94 heavy (non-hydrogen) atoms. The molecule has 0 saturated carbocycles. The van der Waals surface area contributed by atoms with Crippen molar-refractivity contribution in [1.29, 1.82) is 0 Å². The van der Waals surface area contributed by atoms with Crippen molar-refractivity contribution in [1.82, 2.24) is 29.1 Å². The van der Waals surface area contributed by atoms with Gasteiger partial charge in [-0.2, -0.15) is 0 Å². The second-order valence-electron chi connectivity index (χ2n) is 24.6. The SMILES string of the molecule is c1ccc(-c2nc3c(ccc4ccccc43)nc2-n2c3cccc4c5ccccc5c5cccc6oc7ccc2c(c7c65)c43)cc1.c1ccc(-c2nc3ccc(-n4c5cccc6c7ccccc7c7cccc8oc9ccc4c(c9c87)c65)cc3nc2-c2ccccc2)cc1. The molecule has 0 unspecified atom stereocenters. The Bertz CT molecular complexity index is 6900. The van der Waals surface area contributed by atoms with Crippen LogP contribution in [0.2, 0.25) is 0 Å². The van der Waals surface area contributed by atoms with E-state index in [1.807, 2.05) is 30.3 Å². The van der Waals surface area contributed by atoms with E-state index in [-0.39, 0.29) is 0 Å². The van der Waals surface area contributed by atoms with Crippen LogP contribution < -0.4 is 0 Å². The molecule has 22 aromatic rings. The Hall–Kier alpha value is -12.8. The molecule has 0 spiro atoms. The molecule has 6 aromatic heterocycles. The Kier molecular flexibility index (Phi) is 10.5. The lowest BCUT2D eigenvalue weighted by molar-refractivity contribution is 0.669. The third-order valence-corrected chi connectivity index (χ3v) is 19.6. The minimum absolute atomic E-state index is 0.811. The van der Waals surface area contributed by atoms with E-state index in [0.717, 1.165) is 133 Å². The highest BCUT2D eigenvalue weighted by Crippen LogP contribution is 2.50. The van der Waals surface area contributed by atoms with Crippen LogP contribution in [0.1, 0.15) is 0 Å². The highest BCUT2D eigenvalue weighted by molar-refractivity contribution is 6.40. The quantitative estimate of drug-likeness (QED) is 0.160. The lowest BCUT2D eigenvalue weighted by Gasteiger charge is -2.14. The summed E-state index contributed by atoms with van der Waals surface area (Å²) in [6, 6.07) is 103. The van der Waals surface area contributed by atoms with E-state index >= 15 is 0 Å². The van der Waals surface area contributed by atoms with E-state index < -0.39 is 0 Å². The normalized spacial score (nSPS) is 12.3. The van der Waals surface area contributed by atoms with Gasteiger partial charge in [-0.05, 0) is 121 Å². The highest BCUT2D eigenvalue weighted by atomic mass is 16.3. The third-order valence-electron chi connectivity index (χ3n) is 19.6. The van der Waals surface area contributed by atoms with E-state index in [1.165, 1.54) is 75.4 Å². The van der Waals surface area contributed by atoms with Gasteiger partial charge in [0, 0.05) is 70.9 Å². The van der Waals surface area contributed by atoms with Crippen molar-refractivity contribution in [2.45, 2.75) is 0 Å². The average Bonchev–Trinajstić information content (AvgIpc) is 1.54. The van der Waals surface area contributed by atoms with Crippen LogP contribution in [0, 0.1) is 0 Å². The first kappa shape index (κ1) is 51.0. The minimum atomic E-state index is 0.811. The van der Waals surface area contributed by atoms with Crippen molar-refractivity contribution in [3.63, 3.8) is 0 Å². The Morgan fingerprint density at radius 1 is 0.234 bits per heavy atom. The maximum absolute atomic E-state index is 6.56. The highest BCUT2D eigenvalue weighted by Gasteiger charge is 2.27. The van der Waals surface area contributed by atoms with E-state index in [9.17, 15) is 0 Å². The molecule has 0 amide bonds. The lowest BCUT2D eigenvalue weighted by Crippen LogP contribution is -2.04. The molecule has 0 radical (unpaired) electrons. The molecule has 434 valence electrons. The predicted octanol–water partition coefficient (Wildman–Crippen LogP) is 22.9. The van der Waals surface area contributed by atoms with Crippen molar-refractivity contribution < 1.29 is 8.83 Å². The van der Waals surface area contributed by atoms with Crippen molar-refractivity contribution in [2.75, 3.05) is 0 Å². The Morgan fingerprint density at radius 3 is 1.20 bits per heavy atom. The zero-order valence-corrected chi connectivity index (χ0v) is 50.2. The molecule has 6 heterocycles. The Labute approximate surface area is 534 Å². The number of aromatic nitrogens is 6. The summed E-state index contributed by atoms with van der Waals surface area (Å²) in [4.78, 5) is 21.4. The molecule has 0 saturated heterocycles. The van der Waals surface area contributed by atoms with Gasteiger partial charge in [-0.15, -0.1) is 0 Å². The number of rotatable bonds is 5. The van der Waals surface area contributed by atoms with Crippen molar-refractivity contribution in [3.8, 4) is 45.3 Å². The van der Waals surface area contributed by atoms with E-state index in [2.05, 4.69) is 270 Å². The van der Waals surface area contributed by atoms with Crippen LogP contribution >= 0.6 is 0 Å². The number of fused-ring (bicyclic) bond motifs is 10. The number of furan rings is 2. The van der Waals surface area contributed by atoms with Crippen LogP contribution in [0.4, 0.5) is 0 Å². The molecule has 8 heteroatoms. The zero-order chi connectivity index (χ0) is 61.3. The summed E-state index contributed by atoms with van der Waals surface area (Å²) in [7, 11) is 0. The average molecular weight is 1200 g/mol. The molecular weight excluding hydrogens is 1150 g/mol. The summed E-state index contributed by atoms with van der Waals surface area (Å²) < 4.78 is 17.8. The molecule has 0 aliphatic heterocycles. The van der Waals surface area contributed by atoms with Crippen molar-refractivity contribution in [3.05, 3.63) is 291 Å². The molecule has 0 aliphatic carbocycles. The molecule has 22 rings (SSSR count). The fraction of sp³-hybridized carbons (Fsp3) is 0. The molecule has 8 nitrogen and oxygen atoms in total. The van der Waals surface area contributed by atoms with Crippen LogP contribution in [-0.4, -0.2) is 29.1 Å². The molecule has 16 aromatic carbocycles. The van der Waals surface area contributed by atoms with Gasteiger partial charge in [0.05, 0.1) is 55.5 Å². The molecule has 0 atom stereocenters. The molecule has 0 fully saturated rings. The van der Waals surface area contributed by atoms with E-state index in [0.29, 0.717) is 0 Å². The maximum atomic E-state index is 6.56. The van der Waals surface area contributed by atoms with Gasteiger partial charge in [-0.1, -0.05) is 218 Å². The first-order valence-electron chi connectivity index (χ1n) is 31.9. The maximum Gasteiger partial charge on any atom is 0.165 e. The standard InChI is InChI=1S/C44H25N3O.C42H23N3O/c1-3-11-26(12-4-1)43-44(27-13-5-2-6-14-27)46-34-25-28(21-22-33(34)45-43)47-35-19-9-17-31-29-15-7-8-16-30(29)32-18-10-20-37-40(32)42-38(48-37)24-23-36(47)41(42)39(31)35;1-2-11-25(12-3-1)40-42(43-31-21-20-24-10-4-5-13-26(24)41(31)44-40)45-32-18-8-16-29-27-14-6-7-15-28(27)30-17-9-19-34-37(30)39-35(46-34)23-22-33(45)38(39)36(29)32/h1-25H;1-23H. The van der Waals surface area contributed by atoms with Crippen LogP contribution in [0.5, 0.6) is 0 Å². The fourth-order valence-electron chi connectivity index (χ4n) is 15.7. The first-order valence-corrected chi connectivity index (χ1v) is 31.9. The smallest absolute Gasteiger partial charge is 0.165 e. The van der Waals surface area contributed by atoms with Crippen LogP contribution in [0.3, 0.4) is 0 Å². The monoisotopic (exact) mass is 1200 g/mol. The van der Waals surface area contributed by atoms with Gasteiger partial charge in [0.25, 0.3) is 0 Å². The minimum Gasteiger partial charge on any atom is -0.456 e. The summed E-state index contributed by atoms with van der Waals surface area (Å²) in [6.07, 6.45) is 0. The molecular formula is C86H48N6O2. The molecule has 0 N–H and O–H groups in total.